The Balaban J connectivity index is 1.47. The number of aryl methyl sites for hydroxylation is 1. The fraction of sp³-hybridized carbons (Fsp3) is 0.429. The maximum atomic E-state index is 2.60. The fourth-order valence-corrected chi connectivity index (χ4v) is 3.43. The highest BCUT2D eigenvalue weighted by Gasteiger charge is 2.19. The molecule has 0 amide bonds. The highest BCUT2D eigenvalue weighted by atomic mass is 15.1. The molecule has 2 aromatic carbocycles. The lowest BCUT2D eigenvalue weighted by Gasteiger charge is -2.32. The van der Waals surface area contributed by atoms with Crippen LogP contribution in [0, 0.1) is 5.92 Å². The summed E-state index contributed by atoms with van der Waals surface area (Å²) in [6, 6.07) is 20.1. The number of likely N-dealkylation sites (tertiary alicyclic amines) is 1. The molecule has 1 heteroatoms. The number of piperidine rings is 1. The minimum absolute atomic E-state index is 0.861. The summed E-state index contributed by atoms with van der Waals surface area (Å²) in [4.78, 5) is 2.60. The zero-order valence-corrected chi connectivity index (χ0v) is 13.7. The molecule has 3 rings (SSSR count). The molecule has 1 nitrogen and oxygen atoms in total. The van der Waals surface area contributed by atoms with Crippen molar-refractivity contribution in [3.05, 3.63) is 71.3 Å². The van der Waals surface area contributed by atoms with Crippen molar-refractivity contribution in [3.63, 3.8) is 0 Å². The van der Waals surface area contributed by atoms with Crippen molar-refractivity contribution in [1.82, 2.24) is 4.90 Å². The predicted octanol–water partition coefficient (Wildman–Crippen LogP) is 4.70. The van der Waals surface area contributed by atoms with Crippen LogP contribution in [0.1, 0.15) is 36.5 Å². The summed E-state index contributed by atoms with van der Waals surface area (Å²) >= 11 is 0. The van der Waals surface area contributed by atoms with E-state index < -0.39 is 0 Å². The van der Waals surface area contributed by atoms with E-state index in [1.807, 2.05) is 0 Å². The zero-order chi connectivity index (χ0) is 15.2. The van der Waals surface area contributed by atoms with Gasteiger partial charge < -0.3 is 0 Å². The van der Waals surface area contributed by atoms with Gasteiger partial charge in [0.25, 0.3) is 0 Å². The van der Waals surface area contributed by atoms with Crippen LogP contribution in [0.2, 0.25) is 0 Å². The monoisotopic (exact) mass is 293 g/mol. The Labute approximate surface area is 135 Å². The maximum Gasteiger partial charge on any atom is 0.0233 e. The summed E-state index contributed by atoms with van der Waals surface area (Å²) in [6.07, 6.45) is 5.06. The number of hydrogen-bond donors (Lipinski definition) is 0. The van der Waals surface area contributed by atoms with Gasteiger partial charge in [0.1, 0.15) is 0 Å². The maximum absolute atomic E-state index is 2.60. The summed E-state index contributed by atoms with van der Waals surface area (Å²) in [5, 5.41) is 0. The Morgan fingerprint density at radius 1 is 0.818 bits per heavy atom. The molecule has 22 heavy (non-hydrogen) atoms. The molecule has 0 spiro atoms. The van der Waals surface area contributed by atoms with Crippen molar-refractivity contribution in [2.45, 2.75) is 39.2 Å². The molecule has 1 aliphatic heterocycles. The van der Waals surface area contributed by atoms with Gasteiger partial charge in [0.05, 0.1) is 0 Å². The molecule has 2 aromatic rings. The summed E-state index contributed by atoms with van der Waals surface area (Å²) in [5.74, 6) is 0.861. The third kappa shape index (κ3) is 4.20. The van der Waals surface area contributed by atoms with E-state index in [1.54, 1.807) is 0 Å². The van der Waals surface area contributed by atoms with Crippen molar-refractivity contribution in [2.24, 2.45) is 5.92 Å². The zero-order valence-electron chi connectivity index (χ0n) is 13.7. The van der Waals surface area contributed by atoms with Gasteiger partial charge in [0.2, 0.25) is 0 Å². The van der Waals surface area contributed by atoms with Crippen LogP contribution in [0.3, 0.4) is 0 Å². The molecule has 0 bridgehead atoms. The lowest BCUT2D eigenvalue weighted by Crippen LogP contribution is -2.33. The Morgan fingerprint density at radius 2 is 1.45 bits per heavy atom. The average Bonchev–Trinajstić information content (AvgIpc) is 2.58. The molecule has 1 saturated heterocycles. The lowest BCUT2D eigenvalue weighted by molar-refractivity contribution is 0.177. The second-order valence-corrected chi connectivity index (χ2v) is 6.58. The summed E-state index contributed by atoms with van der Waals surface area (Å²) < 4.78 is 0. The van der Waals surface area contributed by atoms with Crippen LogP contribution in [0.15, 0.2) is 54.6 Å². The van der Waals surface area contributed by atoms with Gasteiger partial charge in [-0.2, -0.15) is 0 Å². The quantitative estimate of drug-likeness (QED) is 0.772. The molecule has 1 aliphatic rings. The van der Waals surface area contributed by atoms with Gasteiger partial charge in [-0.05, 0) is 61.4 Å². The Morgan fingerprint density at radius 3 is 2.09 bits per heavy atom. The van der Waals surface area contributed by atoms with Crippen molar-refractivity contribution in [2.75, 3.05) is 13.1 Å². The van der Waals surface area contributed by atoms with E-state index in [0.29, 0.717) is 0 Å². The minimum Gasteiger partial charge on any atom is -0.299 e. The van der Waals surface area contributed by atoms with Crippen LogP contribution in [-0.4, -0.2) is 18.0 Å². The first-order valence-corrected chi connectivity index (χ1v) is 8.67. The minimum atomic E-state index is 0.861. The number of hydrogen-bond acceptors (Lipinski definition) is 1. The van der Waals surface area contributed by atoms with Crippen molar-refractivity contribution < 1.29 is 0 Å². The first kappa shape index (κ1) is 15.3. The molecule has 116 valence electrons. The average molecular weight is 293 g/mol. The first-order valence-electron chi connectivity index (χ1n) is 8.67. The smallest absolute Gasteiger partial charge is 0.0233 e. The second-order valence-electron chi connectivity index (χ2n) is 6.58. The molecule has 0 aromatic heterocycles. The molecule has 1 heterocycles. The van der Waals surface area contributed by atoms with E-state index in [2.05, 4.69) is 66.4 Å². The lowest BCUT2D eigenvalue weighted by atomic mass is 9.89. The largest absolute Gasteiger partial charge is 0.299 e. The normalized spacial score (nSPS) is 16.8. The molecular weight excluding hydrogens is 266 g/mol. The standard InChI is InChI=1S/C21H27N/c1-2-18-8-10-19(11-9-18)16-20-12-14-22(15-13-20)17-21-6-4-3-5-7-21/h3-11,20H,2,12-17H2,1H3. The number of rotatable bonds is 5. The van der Waals surface area contributed by atoms with Crippen LogP contribution in [0.4, 0.5) is 0 Å². The first-order chi connectivity index (χ1) is 10.8. The highest BCUT2D eigenvalue weighted by Crippen LogP contribution is 2.23. The second kappa shape index (κ2) is 7.60. The Bertz CT molecular complexity index is 550. The van der Waals surface area contributed by atoms with E-state index in [9.17, 15) is 0 Å². The molecule has 0 unspecified atom stereocenters. The van der Waals surface area contributed by atoms with Gasteiger partial charge in [-0.1, -0.05) is 61.5 Å². The van der Waals surface area contributed by atoms with Gasteiger partial charge in [-0.15, -0.1) is 0 Å². The predicted molar refractivity (Wildman–Crippen MR) is 94.0 cm³/mol. The van der Waals surface area contributed by atoms with Crippen LogP contribution in [-0.2, 0) is 19.4 Å². The van der Waals surface area contributed by atoms with Gasteiger partial charge in [0, 0.05) is 6.54 Å². The molecule has 0 saturated carbocycles. The van der Waals surface area contributed by atoms with Gasteiger partial charge >= 0.3 is 0 Å². The Kier molecular flexibility index (Phi) is 5.29. The molecule has 0 radical (unpaired) electrons. The van der Waals surface area contributed by atoms with E-state index in [4.69, 9.17) is 0 Å². The Hall–Kier alpha value is -1.60. The van der Waals surface area contributed by atoms with E-state index in [0.717, 1.165) is 18.9 Å². The van der Waals surface area contributed by atoms with Crippen LogP contribution >= 0.6 is 0 Å². The SMILES string of the molecule is CCc1ccc(CC2CCN(Cc3ccccc3)CC2)cc1. The van der Waals surface area contributed by atoms with E-state index >= 15 is 0 Å². The molecule has 0 aliphatic carbocycles. The van der Waals surface area contributed by atoms with E-state index in [-0.39, 0.29) is 0 Å². The number of nitrogens with zero attached hydrogens (tertiary/aromatic N) is 1. The molecule has 0 atom stereocenters. The van der Waals surface area contributed by atoms with E-state index in [1.165, 1.54) is 49.0 Å². The third-order valence-corrected chi connectivity index (χ3v) is 4.91. The third-order valence-electron chi connectivity index (χ3n) is 4.91. The van der Waals surface area contributed by atoms with Gasteiger partial charge in [-0.3, -0.25) is 4.90 Å². The summed E-state index contributed by atoms with van der Waals surface area (Å²) in [7, 11) is 0. The molecule has 1 fully saturated rings. The molecular formula is C21H27N. The number of benzene rings is 2. The van der Waals surface area contributed by atoms with Crippen LogP contribution < -0.4 is 0 Å². The van der Waals surface area contributed by atoms with Crippen LogP contribution in [0.25, 0.3) is 0 Å². The van der Waals surface area contributed by atoms with Gasteiger partial charge in [-0.25, -0.2) is 0 Å². The van der Waals surface area contributed by atoms with Crippen LogP contribution in [0.5, 0.6) is 0 Å². The molecule has 0 N–H and O–H groups in total. The van der Waals surface area contributed by atoms with Crippen molar-refractivity contribution in [1.29, 1.82) is 0 Å². The van der Waals surface area contributed by atoms with Crippen molar-refractivity contribution >= 4 is 0 Å². The summed E-state index contributed by atoms with van der Waals surface area (Å²) in [6.45, 7) is 5.81. The summed E-state index contributed by atoms with van der Waals surface area (Å²) in [5.41, 5.74) is 4.40. The van der Waals surface area contributed by atoms with Crippen molar-refractivity contribution in [3.8, 4) is 0 Å². The highest BCUT2D eigenvalue weighted by molar-refractivity contribution is 5.23. The fourth-order valence-electron chi connectivity index (χ4n) is 3.43. The topological polar surface area (TPSA) is 3.24 Å². The van der Waals surface area contributed by atoms with Gasteiger partial charge in [0.15, 0.2) is 0 Å².